The maximum atomic E-state index is 12.5. The number of nitrogens with zero attached hydrogens (tertiary/aromatic N) is 4. The molecule has 2 aromatic heterocycles. The third-order valence-corrected chi connectivity index (χ3v) is 8.42. The highest BCUT2D eigenvalue weighted by Crippen LogP contribution is 2.43. The number of hydrogen-bond acceptors (Lipinski definition) is 5. The number of aromatic nitrogens is 2. The van der Waals surface area contributed by atoms with Crippen LogP contribution in [0.3, 0.4) is 0 Å². The summed E-state index contributed by atoms with van der Waals surface area (Å²) in [5.74, 6) is 0. The minimum absolute atomic E-state index is 0.0156. The van der Waals surface area contributed by atoms with Crippen LogP contribution in [-0.4, -0.2) is 51.9 Å². The Morgan fingerprint density at radius 1 is 0.905 bits per heavy atom. The average Bonchev–Trinajstić information content (AvgIpc) is 3.16. The molecule has 6 rings (SSSR count). The van der Waals surface area contributed by atoms with E-state index < -0.39 is 11.7 Å². The lowest BCUT2D eigenvalue weighted by Crippen LogP contribution is -2.33. The van der Waals surface area contributed by atoms with Crippen LogP contribution in [0.4, 0.5) is 10.5 Å². The molecule has 0 atom stereocenters. The third-order valence-electron chi connectivity index (χ3n) is 7.61. The molecule has 3 aromatic carbocycles. The number of amides is 1. The van der Waals surface area contributed by atoms with Gasteiger partial charge in [-0.25, -0.2) is 9.78 Å². The summed E-state index contributed by atoms with van der Waals surface area (Å²) in [6.45, 7) is 1.32. The molecule has 3 heterocycles. The van der Waals surface area contributed by atoms with Crippen molar-refractivity contribution in [1.29, 1.82) is 0 Å². The Balaban J connectivity index is 1.41. The summed E-state index contributed by atoms with van der Waals surface area (Å²) < 4.78 is 1.32. The second kappa shape index (κ2) is 11.0. The van der Waals surface area contributed by atoms with Gasteiger partial charge in [0.15, 0.2) is 6.29 Å². The van der Waals surface area contributed by atoms with Gasteiger partial charge in [-0.3, -0.25) is 14.0 Å². The molecule has 0 unspecified atom stereocenters. The number of pyridine rings is 1. The number of rotatable bonds is 4. The van der Waals surface area contributed by atoms with E-state index in [9.17, 15) is 19.5 Å². The molecule has 0 fully saturated rings. The normalized spacial score (nSPS) is 13.1. The Morgan fingerprint density at radius 2 is 1.55 bits per heavy atom. The van der Waals surface area contributed by atoms with Crippen molar-refractivity contribution in [2.75, 3.05) is 25.0 Å². The molecule has 1 aliphatic rings. The monoisotopic (exact) mass is 598 g/mol. The predicted molar refractivity (Wildman–Crippen MR) is 165 cm³/mol. The van der Waals surface area contributed by atoms with Gasteiger partial charge in [0, 0.05) is 60.5 Å². The van der Waals surface area contributed by atoms with Gasteiger partial charge in [0.25, 0.3) is 5.56 Å². The van der Waals surface area contributed by atoms with Crippen molar-refractivity contribution in [2.45, 2.75) is 6.54 Å². The molecule has 0 saturated heterocycles. The molecule has 210 valence electrons. The van der Waals surface area contributed by atoms with Crippen LogP contribution in [0.25, 0.3) is 39.0 Å². The molecule has 10 heteroatoms. The second-order valence-corrected chi connectivity index (χ2v) is 10.8. The van der Waals surface area contributed by atoms with Gasteiger partial charge in [0.2, 0.25) is 0 Å². The molecule has 1 aliphatic heterocycles. The van der Waals surface area contributed by atoms with Crippen LogP contribution in [0, 0.1) is 0 Å². The van der Waals surface area contributed by atoms with E-state index in [0.29, 0.717) is 41.6 Å². The first-order valence-electron chi connectivity index (χ1n) is 13.1. The van der Waals surface area contributed by atoms with Crippen molar-refractivity contribution >= 4 is 46.9 Å². The summed E-state index contributed by atoms with van der Waals surface area (Å²) in [5, 5.41) is 10.5. The van der Waals surface area contributed by atoms with Crippen molar-refractivity contribution in [3.8, 4) is 33.4 Å². The predicted octanol–water partition coefficient (Wildman–Crippen LogP) is 6.74. The second-order valence-electron chi connectivity index (χ2n) is 10.1. The fourth-order valence-electron chi connectivity index (χ4n) is 5.32. The van der Waals surface area contributed by atoms with Gasteiger partial charge in [-0.15, -0.1) is 0 Å². The number of anilines is 1. The first-order valence-corrected chi connectivity index (χ1v) is 13.9. The van der Waals surface area contributed by atoms with E-state index in [1.807, 2.05) is 61.6 Å². The molecule has 0 saturated carbocycles. The lowest BCUT2D eigenvalue weighted by molar-refractivity contribution is 0.112. The topological polar surface area (TPSA) is 95.2 Å². The molecular formula is C32H24Cl2N4O4. The van der Waals surface area contributed by atoms with Gasteiger partial charge in [0.1, 0.15) is 5.65 Å². The van der Waals surface area contributed by atoms with Crippen LogP contribution in [-0.2, 0) is 6.54 Å². The van der Waals surface area contributed by atoms with Crippen LogP contribution < -0.4 is 10.5 Å². The van der Waals surface area contributed by atoms with E-state index in [-0.39, 0.29) is 5.56 Å². The van der Waals surface area contributed by atoms with Gasteiger partial charge >= 0.3 is 6.09 Å². The van der Waals surface area contributed by atoms with Crippen LogP contribution >= 0.6 is 23.2 Å². The first-order chi connectivity index (χ1) is 20.3. The van der Waals surface area contributed by atoms with E-state index in [2.05, 4.69) is 9.88 Å². The van der Waals surface area contributed by atoms with Crippen molar-refractivity contribution in [2.24, 2.45) is 0 Å². The van der Waals surface area contributed by atoms with Gasteiger partial charge in [-0.2, -0.15) is 0 Å². The molecule has 1 N–H and O–H groups in total. The minimum Gasteiger partial charge on any atom is -0.465 e. The molecule has 0 bridgehead atoms. The zero-order chi connectivity index (χ0) is 29.5. The zero-order valence-corrected chi connectivity index (χ0v) is 23.9. The van der Waals surface area contributed by atoms with Crippen molar-refractivity contribution in [1.82, 2.24) is 14.3 Å². The van der Waals surface area contributed by atoms with E-state index in [4.69, 9.17) is 23.2 Å². The van der Waals surface area contributed by atoms with Crippen LogP contribution in [0.2, 0.25) is 10.0 Å². The summed E-state index contributed by atoms with van der Waals surface area (Å²) in [7, 11) is 1.96. The maximum Gasteiger partial charge on any atom is 0.407 e. The van der Waals surface area contributed by atoms with Gasteiger partial charge < -0.3 is 14.9 Å². The quantitative estimate of drug-likeness (QED) is 0.230. The van der Waals surface area contributed by atoms with Crippen LogP contribution in [0.15, 0.2) is 83.9 Å². The summed E-state index contributed by atoms with van der Waals surface area (Å²) >= 11 is 14.1. The Morgan fingerprint density at radius 3 is 2.19 bits per heavy atom. The number of aldehydes is 1. The summed E-state index contributed by atoms with van der Waals surface area (Å²) in [4.78, 5) is 43.0. The van der Waals surface area contributed by atoms with Gasteiger partial charge in [-0.05, 0) is 34.9 Å². The number of carboxylic acid groups (broad SMARTS) is 1. The number of carbonyl (C=O) groups excluding carboxylic acids is 1. The number of benzene rings is 3. The number of likely N-dealkylation sites (N-methyl/N-ethyl adjacent to an activating group) is 1. The summed E-state index contributed by atoms with van der Waals surface area (Å²) in [6, 6.07) is 20.9. The molecular weight excluding hydrogens is 575 g/mol. The van der Waals surface area contributed by atoms with E-state index in [0.717, 1.165) is 44.6 Å². The Hall–Kier alpha value is -4.66. The molecule has 0 spiro atoms. The summed E-state index contributed by atoms with van der Waals surface area (Å²) in [6.07, 6.45) is 2.40. The highest BCUT2D eigenvalue weighted by molar-refractivity contribution is 6.39. The van der Waals surface area contributed by atoms with Gasteiger partial charge in [-0.1, -0.05) is 71.7 Å². The number of hydrogen-bond donors (Lipinski definition) is 1. The third kappa shape index (κ3) is 4.78. The van der Waals surface area contributed by atoms with Gasteiger partial charge in [0.05, 0.1) is 22.2 Å². The highest BCUT2D eigenvalue weighted by Gasteiger charge is 2.22. The maximum absolute atomic E-state index is 12.5. The Kier molecular flexibility index (Phi) is 7.18. The molecule has 5 aromatic rings. The lowest BCUT2D eigenvalue weighted by atomic mass is 9.95. The van der Waals surface area contributed by atoms with Crippen molar-refractivity contribution < 1.29 is 14.7 Å². The molecule has 42 heavy (non-hydrogen) atoms. The fourth-order valence-corrected chi connectivity index (χ4v) is 6.00. The minimum atomic E-state index is -0.934. The van der Waals surface area contributed by atoms with Crippen molar-refractivity contribution in [3.63, 3.8) is 0 Å². The van der Waals surface area contributed by atoms with E-state index in [1.54, 1.807) is 18.3 Å². The first kappa shape index (κ1) is 27.5. The smallest absolute Gasteiger partial charge is 0.407 e. The van der Waals surface area contributed by atoms with Crippen LogP contribution in [0.5, 0.6) is 0 Å². The lowest BCUT2D eigenvalue weighted by Gasteiger charge is -2.20. The standard InChI is InChI=1S/C32H24Cl2N4O4/c1-36-12-13-37(32(41)42)17-21-9-8-19(14-27(21)36)23-4-2-6-25(29(23)33)26-7-3-5-24(30(26)34)20-10-11-38-28(15-20)35-16-22(18-39)31(38)40/h2-11,14-16,18H,12-13,17H2,1H3,(H,41,42). The number of fused-ring (bicyclic) bond motifs is 2. The Bertz CT molecular complexity index is 1960. The number of carbonyl (C=O) groups is 2. The largest absolute Gasteiger partial charge is 0.465 e. The van der Waals surface area contributed by atoms with E-state index >= 15 is 0 Å². The van der Waals surface area contributed by atoms with Crippen molar-refractivity contribution in [3.05, 3.63) is 111 Å². The molecule has 8 nitrogen and oxygen atoms in total. The fraction of sp³-hybridized carbons (Fsp3) is 0.125. The Labute approximate surface area is 251 Å². The highest BCUT2D eigenvalue weighted by atomic mass is 35.5. The average molecular weight is 599 g/mol. The molecule has 1 amide bonds. The number of halogens is 2. The zero-order valence-electron chi connectivity index (χ0n) is 22.4. The molecule has 0 aliphatic carbocycles. The molecule has 0 radical (unpaired) electrons. The summed E-state index contributed by atoms with van der Waals surface area (Å²) in [5.41, 5.74) is 6.55. The SMILES string of the molecule is CN1CCN(C(=O)O)Cc2ccc(-c3cccc(-c4cccc(-c5ccn6c(=O)c(C=O)cnc6c5)c4Cl)c3Cl)cc21. The van der Waals surface area contributed by atoms with E-state index in [1.165, 1.54) is 15.5 Å². The van der Waals surface area contributed by atoms with Crippen LogP contribution in [0.1, 0.15) is 15.9 Å².